The van der Waals surface area contributed by atoms with Gasteiger partial charge < -0.3 is 9.42 Å². The summed E-state index contributed by atoms with van der Waals surface area (Å²) in [6.45, 7) is 9.56. The van der Waals surface area contributed by atoms with Gasteiger partial charge in [0.15, 0.2) is 0 Å². The molecule has 30 heavy (non-hydrogen) atoms. The van der Waals surface area contributed by atoms with Gasteiger partial charge in [-0.1, -0.05) is 48.8 Å². The Morgan fingerprint density at radius 3 is 2.63 bits per heavy atom. The van der Waals surface area contributed by atoms with Crippen molar-refractivity contribution in [1.82, 2.24) is 24.8 Å². The Morgan fingerprint density at radius 2 is 1.90 bits per heavy atom. The number of carbonyl (C=O) groups excluding carboxylic acids is 1. The lowest BCUT2D eigenvalue weighted by Crippen LogP contribution is -2.56. The van der Waals surface area contributed by atoms with Crippen LogP contribution in [0.3, 0.4) is 0 Å². The number of carbonyl (C=O) groups is 1. The molecule has 1 amide bonds. The molecule has 0 radical (unpaired) electrons. The van der Waals surface area contributed by atoms with Crippen LogP contribution in [0.2, 0.25) is 0 Å². The maximum atomic E-state index is 13.2. The lowest BCUT2D eigenvalue weighted by Gasteiger charge is -2.41. The highest BCUT2D eigenvalue weighted by Gasteiger charge is 2.34. The van der Waals surface area contributed by atoms with Gasteiger partial charge in [0.05, 0.1) is 12.1 Å². The third-order valence-corrected chi connectivity index (χ3v) is 6.41. The van der Waals surface area contributed by atoms with E-state index in [0.29, 0.717) is 17.6 Å². The van der Waals surface area contributed by atoms with Crippen molar-refractivity contribution in [3.8, 4) is 11.4 Å². The quantitative estimate of drug-likeness (QED) is 0.727. The van der Waals surface area contributed by atoms with Crippen LogP contribution in [0.15, 0.2) is 34.9 Å². The fourth-order valence-corrected chi connectivity index (χ4v) is 4.63. The van der Waals surface area contributed by atoms with Gasteiger partial charge in [-0.3, -0.25) is 14.6 Å². The number of amides is 1. The zero-order chi connectivity index (χ0) is 20.9. The summed E-state index contributed by atoms with van der Waals surface area (Å²) in [7, 11) is 0. The number of piperidine rings is 1. The standard InChI is InChI=1S/C23H33N5O2/c1-3-12-27-13-8-7-11-20(27)23(29)28-16-14-26(15-17-28)18(2)22-24-21(25-30-22)19-9-5-4-6-10-19/h4-6,9-10,18,20H,3,7-8,11-17H2,1-2H3. The zero-order valence-corrected chi connectivity index (χ0v) is 18.2. The number of benzene rings is 1. The van der Waals surface area contributed by atoms with E-state index in [2.05, 4.69) is 38.7 Å². The first-order valence-corrected chi connectivity index (χ1v) is 11.3. The van der Waals surface area contributed by atoms with E-state index in [1.807, 2.05) is 30.3 Å². The van der Waals surface area contributed by atoms with Crippen molar-refractivity contribution in [2.45, 2.75) is 51.6 Å². The summed E-state index contributed by atoms with van der Waals surface area (Å²) >= 11 is 0. The third kappa shape index (κ3) is 4.57. The molecule has 0 spiro atoms. The lowest BCUT2D eigenvalue weighted by molar-refractivity contribution is -0.140. The number of hydrogen-bond donors (Lipinski definition) is 0. The number of rotatable bonds is 6. The molecular formula is C23H33N5O2. The van der Waals surface area contributed by atoms with E-state index in [-0.39, 0.29) is 12.1 Å². The molecule has 2 aliphatic heterocycles. The summed E-state index contributed by atoms with van der Waals surface area (Å²) in [6, 6.07) is 10.00. The smallest absolute Gasteiger partial charge is 0.244 e. The Hall–Kier alpha value is -2.25. The molecule has 2 saturated heterocycles. The molecule has 0 bridgehead atoms. The average Bonchev–Trinajstić information content (AvgIpc) is 3.30. The molecule has 2 aliphatic rings. The van der Waals surface area contributed by atoms with Crippen molar-refractivity contribution in [2.75, 3.05) is 39.3 Å². The van der Waals surface area contributed by atoms with E-state index < -0.39 is 0 Å². The molecule has 7 heteroatoms. The van der Waals surface area contributed by atoms with E-state index in [4.69, 9.17) is 4.52 Å². The Labute approximate surface area is 179 Å². The maximum Gasteiger partial charge on any atom is 0.244 e. The molecule has 7 nitrogen and oxygen atoms in total. The molecular weight excluding hydrogens is 378 g/mol. The highest BCUT2D eigenvalue weighted by atomic mass is 16.5. The SMILES string of the molecule is CCCN1CCCCC1C(=O)N1CCN(C(C)c2nc(-c3ccccc3)no2)CC1. The normalized spacial score (nSPS) is 22.2. The van der Waals surface area contributed by atoms with Gasteiger partial charge in [0, 0.05) is 31.7 Å². The number of hydrogen-bond acceptors (Lipinski definition) is 6. The third-order valence-electron chi connectivity index (χ3n) is 6.41. The van der Waals surface area contributed by atoms with Crippen molar-refractivity contribution in [3.63, 3.8) is 0 Å². The Bertz CT molecular complexity index is 814. The second kappa shape index (κ2) is 9.71. The molecule has 1 aromatic carbocycles. The Balaban J connectivity index is 1.34. The van der Waals surface area contributed by atoms with Gasteiger partial charge in [0.25, 0.3) is 0 Å². The fourth-order valence-electron chi connectivity index (χ4n) is 4.63. The molecule has 0 saturated carbocycles. The molecule has 2 fully saturated rings. The summed E-state index contributed by atoms with van der Waals surface area (Å²) in [5.41, 5.74) is 0.958. The zero-order valence-electron chi connectivity index (χ0n) is 18.2. The van der Waals surface area contributed by atoms with Gasteiger partial charge in [-0.25, -0.2) is 0 Å². The molecule has 2 unspecified atom stereocenters. The van der Waals surface area contributed by atoms with Gasteiger partial charge >= 0.3 is 0 Å². The highest BCUT2D eigenvalue weighted by molar-refractivity contribution is 5.82. The molecule has 3 heterocycles. The summed E-state index contributed by atoms with van der Waals surface area (Å²) < 4.78 is 5.55. The molecule has 162 valence electrons. The molecule has 4 rings (SSSR count). The number of likely N-dealkylation sites (tertiary alicyclic amines) is 1. The van der Waals surface area contributed by atoms with Crippen molar-refractivity contribution in [3.05, 3.63) is 36.2 Å². The van der Waals surface area contributed by atoms with Crippen LogP contribution in [0.25, 0.3) is 11.4 Å². The number of piperazine rings is 1. The highest BCUT2D eigenvalue weighted by Crippen LogP contribution is 2.25. The Kier molecular flexibility index (Phi) is 6.79. The maximum absolute atomic E-state index is 13.2. The summed E-state index contributed by atoms with van der Waals surface area (Å²) in [5, 5.41) is 4.15. The van der Waals surface area contributed by atoms with Crippen LogP contribution < -0.4 is 0 Å². The Morgan fingerprint density at radius 1 is 1.13 bits per heavy atom. The van der Waals surface area contributed by atoms with Crippen LogP contribution in [-0.4, -0.2) is 76.1 Å². The van der Waals surface area contributed by atoms with E-state index in [0.717, 1.165) is 64.1 Å². The van der Waals surface area contributed by atoms with Crippen LogP contribution in [0.1, 0.15) is 51.5 Å². The van der Waals surface area contributed by atoms with E-state index >= 15 is 0 Å². The first-order chi connectivity index (χ1) is 14.7. The average molecular weight is 412 g/mol. The van der Waals surface area contributed by atoms with Crippen LogP contribution >= 0.6 is 0 Å². The summed E-state index contributed by atoms with van der Waals surface area (Å²) in [4.78, 5) is 24.6. The van der Waals surface area contributed by atoms with Crippen molar-refractivity contribution in [2.24, 2.45) is 0 Å². The van der Waals surface area contributed by atoms with Crippen molar-refractivity contribution >= 4 is 5.91 Å². The van der Waals surface area contributed by atoms with E-state index in [1.54, 1.807) is 0 Å². The second-order valence-electron chi connectivity index (χ2n) is 8.41. The lowest BCUT2D eigenvalue weighted by atomic mass is 10.00. The predicted molar refractivity (Wildman–Crippen MR) is 116 cm³/mol. The van der Waals surface area contributed by atoms with Crippen LogP contribution in [0, 0.1) is 0 Å². The number of aromatic nitrogens is 2. The predicted octanol–water partition coefficient (Wildman–Crippen LogP) is 3.21. The van der Waals surface area contributed by atoms with Gasteiger partial charge in [0.2, 0.25) is 17.6 Å². The first kappa shape index (κ1) is 21.0. The number of nitrogens with zero attached hydrogens (tertiary/aromatic N) is 5. The molecule has 0 N–H and O–H groups in total. The van der Waals surface area contributed by atoms with E-state index in [9.17, 15) is 4.79 Å². The van der Waals surface area contributed by atoms with E-state index in [1.165, 1.54) is 6.42 Å². The minimum atomic E-state index is 0.0403. The van der Waals surface area contributed by atoms with Crippen LogP contribution in [-0.2, 0) is 4.79 Å². The first-order valence-electron chi connectivity index (χ1n) is 11.3. The topological polar surface area (TPSA) is 65.7 Å². The van der Waals surface area contributed by atoms with Crippen molar-refractivity contribution in [1.29, 1.82) is 0 Å². The summed E-state index contributed by atoms with van der Waals surface area (Å²) in [5.74, 6) is 1.58. The van der Waals surface area contributed by atoms with Crippen LogP contribution in [0.5, 0.6) is 0 Å². The molecule has 2 aromatic rings. The van der Waals surface area contributed by atoms with Gasteiger partial charge in [-0.15, -0.1) is 0 Å². The monoisotopic (exact) mass is 411 g/mol. The minimum absolute atomic E-state index is 0.0403. The largest absolute Gasteiger partial charge is 0.339 e. The molecule has 0 aliphatic carbocycles. The molecule has 2 atom stereocenters. The second-order valence-corrected chi connectivity index (χ2v) is 8.41. The van der Waals surface area contributed by atoms with Gasteiger partial charge in [-0.2, -0.15) is 4.98 Å². The van der Waals surface area contributed by atoms with Crippen LogP contribution in [0.4, 0.5) is 0 Å². The van der Waals surface area contributed by atoms with Crippen molar-refractivity contribution < 1.29 is 9.32 Å². The molecule has 1 aromatic heterocycles. The van der Waals surface area contributed by atoms with Gasteiger partial charge in [-0.05, 0) is 39.3 Å². The fraction of sp³-hybridized carbons (Fsp3) is 0.609. The minimum Gasteiger partial charge on any atom is -0.339 e. The van der Waals surface area contributed by atoms with Gasteiger partial charge in [0.1, 0.15) is 0 Å². The summed E-state index contributed by atoms with van der Waals surface area (Å²) in [6.07, 6.45) is 4.47.